The smallest absolute Gasteiger partial charge is 0.249 e. The number of piperidine rings is 1. The molecule has 0 radical (unpaired) electrons. The van der Waals surface area contributed by atoms with Crippen molar-refractivity contribution in [3.05, 3.63) is 17.7 Å². The van der Waals surface area contributed by atoms with Crippen molar-refractivity contribution in [1.29, 1.82) is 0 Å². The lowest BCUT2D eigenvalue weighted by atomic mass is 9.78. The van der Waals surface area contributed by atoms with Gasteiger partial charge in [-0.1, -0.05) is 0 Å². The van der Waals surface area contributed by atoms with Gasteiger partial charge in [-0.3, -0.25) is 14.4 Å². The number of rotatable bonds is 4. The number of likely N-dealkylation sites (tertiary alicyclic amines) is 2. The molecule has 0 saturated carbocycles. The Hall–Kier alpha value is -2.42. The largest absolute Gasteiger partial charge is 0.375 e. The number of carbonyl (C=O) groups is 3. The summed E-state index contributed by atoms with van der Waals surface area (Å²) >= 11 is 0. The van der Waals surface area contributed by atoms with Crippen LogP contribution in [0.4, 0.5) is 0 Å². The average molecular weight is 403 g/mol. The van der Waals surface area contributed by atoms with Gasteiger partial charge in [-0.05, 0) is 19.8 Å². The second-order valence-corrected chi connectivity index (χ2v) is 8.15. The molecule has 1 aromatic rings. The molecule has 0 aliphatic carbocycles. The van der Waals surface area contributed by atoms with E-state index in [0.29, 0.717) is 52.0 Å². The summed E-state index contributed by atoms with van der Waals surface area (Å²) in [4.78, 5) is 51.1. The normalized spacial score (nSPS) is 23.6. The molecule has 1 spiro atoms. The van der Waals surface area contributed by atoms with Gasteiger partial charge in [0.15, 0.2) is 0 Å². The van der Waals surface area contributed by atoms with E-state index < -0.39 is 5.54 Å². The summed E-state index contributed by atoms with van der Waals surface area (Å²) in [5, 5.41) is 0. The minimum atomic E-state index is -0.499. The van der Waals surface area contributed by atoms with Crippen LogP contribution in [0.2, 0.25) is 0 Å². The number of amides is 3. The summed E-state index contributed by atoms with van der Waals surface area (Å²) in [5.74, 6) is -0.183. The molecule has 1 aromatic heterocycles. The Morgan fingerprint density at radius 3 is 2.72 bits per heavy atom. The highest BCUT2D eigenvalue weighted by Gasteiger charge is 2.49. The van der Waals surface area contributed by atoms with Gasteiger partial charge in [-0.25, -0.2) is 4.98 Å². The van der Waals surface area contributed by atoms with Crippen LogP contribution in [-0.2, 0) is 31.1 Å². The molecule has 2 saturated heterocycles. The standard InChI is InChI=1S/C20H29N5O4/c1-3-23-11-14(10-16(23)26)19(28)24-8-5-20(6-9-24)18-15(21-13-22-18)4-7-25(20)17(27)12-29-2/h13-14H,3-12H2,1-2H3,(H,21,22)/t14-/m0/s1. The molecule has 9 heteroatoms. The van der Waals surface area contributed by atoms with Gasteiger partial charge in [-0.2, -0.15) is 0 Å². The van der Waals surface area contributed by atoms with E-state index in [-0.39, 0.29) is 30.2 Å². The Morgan fingerprint density at radius 1 is 1.31 bits per heavy atom. The van der Waals surface area contributed by atoms with E-state index in [4.69, 9.17) is 4.74 Å². The molecule has 4 rings (SSSR count). The van der Waals surface area contributed by atoms with Gasteiger partial charge in [0.2, 0.25) is 17.7 Å². The third-order valence-corrected chi connectivity index (χ3v) is 6.68. The Kier molecular flexibility index (Phi) is 5.33. The van der Waals surface area contributed by atoms with Gasteiger partial charge in [0.25, 0.3) is 0 Å². The molecule has 3 aliphatic rings. The fourth-order valence-corrected chi connectivity index (χ4v) is 5.15. The number of imidazole rings is 1. The molecule has 0 aromatic carbocycles. The number of nitrogens with zero attached hydrogens (tertiary/aromatic N) is 4. The molecule has 4 heterocycles. The fraction of sp³-hybridized carbons (Fsp3) is 0.700. The summed E-state index contributed by atoms with van der Waals surface area (Å²) in [6, 6.07) is 0. The monoisotopic (exact) mass is 403 g/mol. The zero-order valence-electron chi connectivity index (χ0n) is 17.1. The molecular weight excluding hydrogens is 374 g/mol. The number of hydrogen-bond acceptors (Lipinski definition) is 5. The zero-order valence-corrected chi connectivity index (χ0v) is 17.1. The zero-order chi connectivity index (χ0) is 20.6. The minimum Gasteiger partial charge on any atom is -0.375 e. The molecule has 2 fully saturated rings. The first kappa shape index (κ1) is 19.9. The van der Waals surface area contributed by atoms with Crippen molar-refractivity contribution in [2.75, 3.05) is 46.4 Å². The maximum atomic E-state index is 13.0. The summed E-state index contributed by atoms with van der Waals surface area (Å²) in [5.41, 5.74) is 1.50. The van der Waals surface area contributed by atoms with Crippen molar-refractivity contribution in [2.24, 2.45) is 5.92 Å². The van der Waals surface area contributed by atoms with E-state index in [2.05, 4.69) is 9.97 Å². The third kappa shape index (κ3) is 3.31. The maximum Gasteiger partial charge on any atom is 0.249 e. The van der Waals surface area contributed by atoms with Crippen LogP contribution in [0.15, 0.2) is 6.33 Å². The Balaban J connectivity index is 1.51. The summed E-state index contributed by atoms with van der Waals surface area (Å²) in [6.45, 7) is 4.86. The van der Waals surface area contributed by atoms with Crippen LogP contribution in [0.3, 0.4) is 0 Å². The molecule has 3 aliphatic heterocycles. The van der Waals surface area contributed by atoms with Gasteiger partial charge in [-0.15, -0.1) is 0 Å². The molecule has 3 amide bonds. The van der Waals surface area contributed by atoms with E-state index in [1.165, 1.54) is 7.11 Å². The summed E-state index contributed by atoms with van der Waals surface area (Å²) in [6.07, 6.45) is 4.02. The Morgan fingerprint density at radius 2 is 2.07 bits per heavy atom. The Labute approximate surface area is 170 Å². The average Bonchev–Trinajstić information content (AvgIpc) is 3.35. The third-order valence-electron chi connectivity index (χ3n) is 6.68. The minimum absolute atomic E-state index is 0.0408. The highest BCUT2D eigenvalue weighted by atomic mass is 16.5. The van der Waals surface area contributed by atoms with Crippen LogP contribution in [0.25, 0.3) is 0 Å². The molecule has 1 N–H and O–H groups in total. The number of fused-ring (bicyclic) bond motifs is 2. The van der Waals surface area contributed by atoms with E-state index in [1.54, 1.807) is 11.2 Å². The van der Waals surface area contributed by atoms with Crippen molar-refractivity contribution in [1.82, 2.24) is 24.7 Å². The first-order valence-corrected chi connectivity index (χ1v) is 10.4. The lowest BCUT2D eigenvalue weighted by Gasteiger charge is -2.50. The molecule has 0 bridgehead atoms. The number of aromatic nitrogens is 2. The lowest BCUT2D eigenvalue weighted by molar-refractivity contribution is -0.148. The van der Waals surface area contributed by atoms with Crippen molar-refractivity contribution in [2.45, 2.75) is 38.1 Å². The summed E-state index contributed by atoms with van der Waals surface area (Å²) < 4.78 is 5.10. The maximum absolute atomic E-state index is 13.0. The number of ether oxygens (including phenoxy) is 1. The Bertz CT molecular complexity index is 799. The van der Waals surface area contributed by atoms with E-state index in [1.807, 2.05) is 16.7 Å². The van der Waals surface area contributed by atoms with E-state index in [0.717, 1.165) is 17.8 Å². The molecule has 9 nitrogen and oxygen atoms in total. The second kappa shape index (κ2) is 7.78. The predicted octanol–water partition coefficient (Wildman–Crippen LogP) is 0.127. The van der Waals surface area contributed by atoms with Gasteiger partial charge >= 0.3 is 0 Å². The highest BCUT2D eigenvalue weighted by molar-refractivity contribution is 5.89. The van der Waals surface area contributed by atoms with Crippen molar-refractivity contribution in [3.63, 3.8) is 0 Å². The highest BCUT2D eigenvalue weighted by Crippen LogP contribution is 2.42. The van der Waals surface area contributed by atoms with Crippen LogP contribution in [0.1, 0.15) is 37.6 Å². The van der Waals surface area contributed by atoms with Crippen LogP contribution in [0.5, 0.6) is 0 Å². The number of carbonyl (C=O) groups excluding carboxylic acids is 3. The lowest BCUT2D eigenvalue weighted by Crippen LogP contribution is -2.60. The van der Waals surface area contributed by atoms with E-state index >= 15 is 0 Å². The van der Waals surface area contributed by atoms with Crippen molar-refractivity contribution >= 4 is 17.7 Å². The predicted molar refractivity (Wildman–Crippen MR) is 104 cm³/mol. The quantitative estimate of drug-likeness (QED) is 0.770. The molecule has 0 unspecified atom stereocenters. The molecular formula is C20H29N5O4. The van der Waals surface area contributed by atoms with Crippen LogP contribution in [-0.4, -0.2) is 88.8 Å². The summed E-state index contributed by atoms with van der Waals surface area (Å²) in [7, 11) is 1.53. The van der Waals surface area contributed by atoms with Gasteiger partial charge in [0.1, 0.15) is 6.61 Å². The molecule has 1 atom stereocenters. The fourth-order valence-electron chi connectivity index (χ4n) is 5.15. The molecule has 29 heavy (non-hydrogen) atoms. The number of hydrogen-bond donors (Lipinski definition) is 1. The first-order valence-electron chi connectivity index (χ1n) is 10.4. The number of nitrogens with one attached hydrogen (secondary N) is 1. The van der Waals surface area contributed by atoms with E-state index in [9.17, 15) is 14.4 Å². The van der Waals surface area contributed by atoms with Crippen LogP contribution in [0, 0.1) is 5.92 Å². The van der Waals surface area contributed by atoms with Crippen molar-refractivity contribution < 1.29 is 19.1 Å². The first-order chi connectivity index (χ1) is 14.0. The number of aromatic amines is 1. The van der Waals surface area contributed by atoms with Gasteiger partial charge in [0.05, 0.1) is 23.5 Å². The molecule has 158 valence electrons. The van der Waals surface area contributed by atoms with Crippen LogP contribution < -0.4 is 0 Å². The van der Waals surface area contributed by atoms with Crippen LogP contribution >= 0.6 is 0 Å². The second-order valence-electron chi connectivity index (χ2n) is 8.15. The van der Waals surface area contributed by atoms with Crippen molar-refractivity contribution in [3.8, 4) is 0 Å². The SMILES string of the molecule is CCN1C[C@@H](C(=O)N2CCC3(CC2)c2nc[nH]c2CCN3C(=O)COC)CC1=O. The number of H-pyrrole nitrogens is 1. The van der Waals surface area contributed by atoms with Gasteiger partial charge < -0.3 is 24.4 Å². The number of methoxy groups -OCH3 is 1. The topological polar surface area (TPSA) is 98.8 Å². The van der Waals surface area contributed by atoms with Gasteiger partial charge in [0, 0.05) is 58.4 Å².